The Kier molecular flexibility index (Phi) is 7.86. The molecule has 0 aliphatic carbocycles. The summed E-state index contributed by atoms with van der Waals surface area (Å²) < 4.78 is 0. The second kappa shape index (κ2) is 10.1. The average molecular weight is 387 g/mol. The molecule has 144 valence electrons. The summed E-state index contributed by atoms with van der Waals surface area (Å²) in [6, 6.07) is 16.7. The molecule has 1 unspecified atom stereocenters. The highest BCUT2D eigenvalue weighted by Gasteiger charge is 2.26. The number of carbonyl (C=O) groups is 2. The van der Waals surface area contributed by atoms with E-state index >= 15 is 0 Å². The van der Waals surface area contributed by atoms with Crippen molar-refractivity contribution in [3.8, 4) is 0 Å². The molecule has 5 heteroatoms. The number of amides is 2. The lowest BCUT2D eigenvalue weighted by molar-refractivity contribution is -0.139. The van der Waals surface area contributed by atoms with Gasteiger partial charge in [0.2, 0.25) is 11.8 Å². The Hall–Kier alpha value is -2.33. The molecule has 0 heterocycles. The van der Waals surface area contributed by atoms with E-state index in [9.17, 15) is 9.59 Å². The van der Waals surface area contributed by atoms with E-state index in [-0.39, 0.29) is 24.3 Å². The van der Waals surface area contributed by atoms with Gasteiger partial charge in [0, 0.05) is 17.6 Å². The molecule has 2 amide bonds. The standard InChI is InChI=1S/C22H27ClN2O2/c1-16(2)24-22(27)17(3)25(13-12-18-8-5-4-6-9-18)21(26)15-19-10-7-11-20(23)14-19/h4-11,14,16-17H,12-13,15H2,1-3H3,(H,24,27). The molecular formula is C22H27ClN2O2. The molecule has 0 fully saturated rings. The maximum absolute atomic E-state index is 13.0. The lowest BCUT2D eigenvalue weighted by Gasteiger charge is -2.29. The zero-order valence-electron chi connectivity index (χ0n) is 16.1. The lowest BCUT2D eigenvalue weighted by atomic mass is 10.1. The first-order valence-corrected chi connectivity index (χ1v) is 9.63. The largest absolute Gasteiger partial charge is 0.352 e. The summed E-state index contributed by atoms with van der Waals surface area (Å²) in [5, 5.41) is 3.49. The smallest absolute Gasteiger partial charge is 0.242 e. The van der Waals surface area contributed by atoms with Crippen molar-refractivity contribution in [2.45, 2.75) is 45.7 Å². The number of halogens is 1. The van der Waals surface area contributed by atoms with Crippen molar-refractivity contribution in [2.75, 3.05) is 6.54 Å². The third-order valence-electron chi connectivity index (χ3n) is 4.33. The molecule has 4 nitrogen and oxygen atoms in total. The minimum absolute atomic E-state index is 0.0268. The molecule has 2 aromatic carbocycles. The second-order valence-electron chi connectivity index (χ2n) is 6.97. The zero-order valence-corrected chi connectivity index (χ0v) is 16.9. The molecular weight excluding hydrogens is 360 g/mol. The fourth-order valence-corrected chi connectivity index (χ4v) is 3.11. The minimum Gasteiger partial charge on any atom is -0.352 e. The first-order valence-electron chi connectivity index (χ1n) is 9.25. The van der Waals surface area contributed by atoms with Gasteiger partial charge in [-0.25, -0.2) is 0 Å². The van der Waals surface area contributed by atoms with E-state index in [2.05, 4.69) is 5.32 Å². The molecule has 0 aliphatic heterocycles. The van der Waals surface area contributed by atoms with Crippen molar-refractivity contribution < 1.29 is 9.59 Å². The number of nitrogens with zero attached hydrogens (tertiary/aromatic N) is 1. The highest BCUT2D eigenvalue weighted by atomic mass is 35.5. The number of carbonyl (C=O) groups excluding carboxylic acids is 2. The number of hydrogen-bond acceptors (Lipinski definition) is 2. The van der Waals surface area contributed by atoms with Crippen LogP contribution in [0.3, 0.4) is 0 Å². The van der Waals surface area contributed by atoms with Gasteiger partial charge in [-0.05, 0) is 50.5 Å². The van der Waals surface area contributed by atoms with Crippen LogP contribution in [0.15, 0.2) is 54.6 Å². The van der Waals surface area contributed by atoms with Crippen molar-refractivity contribution in [3.05, 3.63) is 70.7 Å². The fraction of sp³-hybridized carbons (Fsp3) is 0.364. The molecule has 0 bridgehead atoms. The van der Waals surface area contributed by atoms with Gasteiger partial charge in [-0.15, -0.1) is 0 Å². The average Bonchev–Trinajstić information content (AvgIpc) is 2.62. The molecule has 27 heavy (non-hydrogen) atoms. The van der Waals surface area contributed by atoms with Crippen LogP contribution in [-0.4, -0.2) is 35.3 Å². The highest BCUT2D eigenvalue weighted by Crippen LogP contribution is 2.14. The Morgan fingerprint density at radius 1 is 1.00 bits per heavy atom. The maximum atomic E-state index is 13.0. The third kappa shape index (κ3) is 6.72. The van der Waals surface area contributed by atoms with E-state index < -0.39 is 6.04 Å². The van der Waals surface area contributed by atoms with Crippen LogP contribution in [0.5, 0.6) is 0 Å². The first kappa shape index (κ1) is 21.0. The topological polar surface area (TPSA) is 49.4 Å². The molecule has 1 atom stereocenters. The molecule has 0 spiro atoms. The number of benzene rings is 2. The van der Waals surface area contributed by atoms with Crippen molar-refractivity contribution >= 4 is 23.4 Å². The van der Waals surface area contributed by atoms with Gasteiger partial charge in [-0.1, -0.05) is 54.1 Å². The molecule has 0 saturated heterocycles. The van der Waals surface area contributed by atoms with E-state index in [0.717, 1.165) is 11.1 Å². The van der Waals surface area contributed by atoms with Gasteiger partial charge in [0.15, 0.2) is 0 Å². The molecule has 2 rings (SSSR count). The van der Waals surface area contributed by atoms with Crippen LogP contribution in [0.1, 0.15) is 31.9 Å². The Labute approximate surface area is 166 Å². The van der Waals surface area contributed by atoms with Crippen molar-refractivity contribution in [1.82, 2.24) is 10.2 Å². The van der Waals surface area contributed by atoms with Crippen molar-refractivity contribution in [2.24, 2.45) is 0 Å². The van der Waals surface area contributed by atoms with Gasteiger partial charge in [0.1, 0.15) is 6.04 Å². The molecule has 0 aromatic heterocycles. The van der Waals surface area contributed by atoms with E-state index in [1.54, 1.807) is 24.0 Å². The number of rotatable bonds is 8. The van der Waals surface area contributed by atoms with Crippen LogP contribution in [0, 0.1) is 0 Å². The molecule has 1 N–H and O–H groups in total. The summed E-state index contributed by atoms with van der Waals surface area (Å²) in [6.45, 7) is 6.08. The van der Waals surface area contributed by atoms with Gasteiger partial charge >= 0.3 is 0 Å². The third-order valence-corrected chi connectivity index (χ3v) is 4.56. The van der Waals surface area contributed by atoms with Crippen molar-refractivity contribution in [3.63, 3.8) is 0 Å². The molecule has 0 radical (unpaired) electrons. The second-order valence-corrected chi connectivity index (χ2v) is 7.41. The van der Waals surface area contributed by atoms with Crippen LogP contribution in [0.2, 0.25) is 5.02 Å². The minimum atomic E-state index is -0.539. The van der Waals surface area contributed by atoms with E-state index in [4.69, 9.17) is 11.6 Å². The van der Waals surface area contributed by atoms with Crippen LogP contribution >= 0.6 is 11.6 Å². The first-order chi connectivity index (χ1) is 12.9. The summed E-state index contributed by atoms with van der Waals surface area (Å²) in [5.74, 6) is -0.225. The Bertz CT molecular complexity index is 762. The number of nitrogens with one attached hydrogen (secondary N) is 1. The highest BCUT2D eigenvalue weighted by molar-refractivity contribution is 6.30. The summed E-state index contributed by atoms with van der Waals surface area (Å²) in [5.41, 5.74) is 1.98. The SMILES string of the molecule is CC(C)NC(=O)C(C)N(CCc1ccccc1)C(=O)Cc1cccc(Cl)c1. The monoisotopic (exact) mass is 386 g/mol. The van der Waals surface area contributed by atoms with Crippen LogP contribution in [0.25, 0.3) is 0 Å². The molecule has 2 aromatic rings. The van der Waals surface area contributed by atoms with E-state index in [1.165, 1.54) is 0 Å². The van der Waals surface area contributed by atoms with Gasteiger partial charge < -0.3 is 10.2 Å². The predicted molar refractivity (Wildman–Crippen MR) is 110 cm³/mol. The van der Waals surface area contributed by atoms with Crippen LogP contribution in [0.4, 0.5) is 0 Å². The van der Waals surface area contributed by atoms with Crippen LogP contribution in [-0.2, 0) is 22.4 Å². The Morgan fingerprint density at radius 3 is 2.30 bits per heavy atom. The Morgan fingerprint density at radius 2 is 1.67 bits per heavy atom. The quantitative estimate of drug-likeness (QED) is 0.748. The van der Waals surface area contributed by atoms with E-state index in [0.29, 0.717) is 18.0 Å². The molecule has 0 aliphatic rings. The van der Waals surface area contributed by atoms with E-state index in [1.807, 2.05) is 56.3 Å². The lowest BCUT2D eigenvalue weighted by Crippen LogP contribution is -2.50. The summed E-state index contributed by atoms with van der Waals surface area (Å²) in [6.07, 6.45) is 0.913. The summed E-state index contributed by atoms with van der Waals surface area (Å²) >= 11 is 6.03. The van der Waals surface area contributed by atoms with Gasteiger partial charge in [-0.2, -0.15) is 0 Å². The zero-order chi connectivity index (χ0) is 19.8. The van der Waals surface area contributed by atoms with Crippen molar-refractivity contribution in [1.29, 1.82) is 0 Å². The fourth-order valence-electron chi connectivity index (χ4n) is 2.90. The van der Waals surface area contributed by atoms with Gasteiger partial charge in [-0.3, -0.25) is 9.59 Å². The normalized spacial score (nSPS) is 11.9. The number of hydrogen-bond donors (Lipinski definition) is 1. The summed E-state index contributed by atoms with van der Waals surface area (Å²) in [7, 11) is 0. The van der Waals surface area contributed by atoms with Gasteiger partial charge in [0.05, 0.1) is 6.42 Å². The Balaban J connectivity index is 2.14. The predicted octanol–water partition coefficient (Wildman–Crippen LogP) is 3.87. The van der Waals surface area contributed by atoms with Gasteiger partial charge in [0.25, 0.3) is 0 Å². The maximum Gasteiger partial charge on any atom is 0.242 e. The molecule has 0 saturated carbocycles. The van der Waals surface area contributed by atoms with Crippen LogP contribution < -0.4 is 5.32 Å². The summed E-state index contributed by atoms with van der Waals surface area (Å²) in [4.78, 5) is 27.1.